The van der Waals surface area contributed by atoms with Gasteiger partial charge < -0.3 is 15.1 Å². The summed E-state index contributed by atoms with van der Waals surface area (Å²) in [5, 5.41) is 3.00. The maximum Gasteiger partial charge on any atom is 0.317 e. The Bertz CT molecular complexity index is 916. The van der Waals surface area contributed by atoms with Crippen LogP contribution >= 0.6 is 0 Å². The summed E-state index contributed by atoms with van der Waals surface area (Å²) in [6, 6.07) is 9.94. The molecule has 1 aromatic carbocycles. The number of benzene rings is 1. The molecule has 1 heterocycles. The van der Waals surface area contributed by atoms with E-state index in [9.17, 15) is 9.59 Å². The van der Waals surface area contributed by atoms with Gasteiger partial charge in [-0.15, -0.1) is 0 Å². The molecule has 0 radical (unpaired) electrons. The molecule has 2 fully saturated rings. The maximum atomic E-state index is 12.8. The first kappa shape index (κ1) is 24.5. The average Bonchev–Trinajstić information content (AvgIpc) is 2.86. The number of nitrogens with one attached hydrogen (secondary N) is 1. The number of nitrogens with zero attached hydrogens (tertiary/aromatic N) is 3. The summed E-state index contributed by atoms with van der Waals surface area (Å²) in [6.07, 6.45) is 8.37. The van der Waals surface area contributed by atoms with Crippen molar-refractivity contribution in [1.29, 1.82) is 0 Å². The van der Waals surface area contributed by atoms with Gasteiger partial charge in [0.15, 0.2) is 0 Å². The van der Waals surface area contributed by atoms with Gasteiger partial charge in [0, 0.05) is 58.4 Å². The number of hydrogen-bond donors (Lipinski definition) is 1. The van der Waals surface area contributed by atoms with Gasteiger partial charge in [-0.2, -0.15) is 0 Å². The Labute approximate surface area is 204 Å². The molecule has 1 saturated carbocycles. The molecule has 184 valence electrons. The van der Waals surface area contributed by atoms with Crippen molar-refractivity contribution in [2.45, 2.75) is 33.6 Å². The minimum atomic E-state index is 0.0301. The lowest BCUT2D eigenvalue weighted by Gasteiger charge is -2.57. The quantitative estimate of drug-likeness (QED) is 0.469. The van der Waals surface area contributed by atoms with Crippen molar-refractivity contribution in [3.63, 3.8) is 0 Å². The van der Waals surface area contributed by atoms with Crippen LogP contribution in [0.15, 0.2) is 48.1 Å². The molecule has 3 aliphatic carbocycles. The van der Waals surface area contributed by atoms with Crippen LogP contribution in [0.1, 0.15) is 39.2 Å². The zero-order chi connectivity index (χ0) is 24.1. The SMILES string of the molecule is CCNC(=O)N(CCN1CCN(C(=O)/C=C/c2ccccc2)CC1)CC1=CCC2CC1C2(C)C. The van der Waals surface area contributed by atoms with Crippen LogP contribution < -0.4 is 5.32 Å². The summed E-state index contributed by atoms with van der Waals surface area (Å²) in [6.45, 7) is 12.8. The van der Waals surface area contributed by atoms with Crippen molar-refractivity contribution in [2.75, 3.05) is 52.4 Å². The number of urea groups is 1. The maximum absolute atomic E-state index is 12.8. The number of rotatable bonds is 8. The van der Waals surface area contributed by atoms with Crippen LogP contribution in [0, 0.1) is 17.3 Å². The monoisotopic (exact) mass is 464 g/mol. The lowest BCUT2D eigenvalue weighted by atomic mass is 9.49. The third-order valence-electron chi connectivity index (χ3n) is 8.16. The zero-order valence-electron chi connectivity index (χ0n) is 21.0. The number of amides is 3. The van der Waals surface area contributed by atoms with E-state index in [2.05, 4.69) is 30.1 Å². The molecule has 2 atom stereocenters. The van der Waals surface area contributed by atoms with Gasteiger partial charge in [-0.05, 0) is 48.7 Å². The molecule has 1 aromatic rings. The molecule has 1 saturated heterocycles. The van der Waals surface area contributed by atoms with Gasteiger partial charge >= 0.3 is 6.03 Å². The van der Waals surface area contributed by atoms with Crippen molar-refractivity contribution in [3.05, 3.63) is 53.6 Å². The highest BCUT2D eigenvalue weighted by atomic mass is 16.2. The van der Waals surface area contributed by atoms with E-state index in [-0.39, 0.29) is 11.9 Å². The molecule has 3 amide bonds. The van der Waals surface area contributed by atoms with E-state index in [4.69, 9.17) is 0 Å². The number of piperazine rings is 1. The predicted molar refractivity (Wildman–Crippen MR) is 137 cm³/mol. The first-order chi connectivity index (χ1) is 16.4. The van der Waals surface area contributed by atoms with Crippen LogP contribution in [-0.4, -0.2) is 79.0 Å². The van der Waals surface area contributed by atoms with E-state index in [0.29, 0.717) is 24.4 Å². The molecule has 0 spiro atoms. The van der Waals surface area contributed by atoms with Gasteiger partial charge in [0.05, 0.1) is 0 Å². The van der Waals surface area contributed by atoms with E-state index in [1.54, 1.807) is 6.08 Å². The van der Waals surface area contributed by atoms with Crippen LogP contribution in [-0.2, 0) is 4.79 Å². The Morgan fingerprint density at radius 1 is 1.15 bits per heavy atom. The second-order valence-corrected chi connectivity index (χ2v) is 10.5. The van der Waals surface area contributed by atoms with E-state index in [0.717, 1.165) is 57.2 Å². The molecular weight excluding hydrogens is 424 g/mol. The van der Waals surface area contributed by atoms with Gasteiger partial charge in [0.1, 0.15) is 0 Å². The molecule has 2 unspecified atom stereocenters. The van der Waals surface area contributed by atoms with Gasteiger partial charge in [-0.25, -0.2) is 4.79 Å². The van der Waals surface area contributed by atoms with Crippen LogP contribution in [0.25, 0.3) is 6.08 Å². The molecule has 6 nitrogen and oxygen atoms in total. The number of allylic oxidation sites excluding steroid dienone is 1. The Kier molecular flexibility index (Phi) is 7.77. The summed E-state index contributed by atoms with van der Waals surface area (Å²) in [7, 11) is 0. The average molecular weight is 465 g/mol. The van der Waals surface area contributed by atoms with Crippen LogP contribution in [0.4, 0.5) is 4.79 Å². The lowest BCUT2D eigenvalue weighted by Crippen LogP contribution is -2.53. The summed E-state index contributed by atoms with van der Waals surface area (Å²) < 4.78 is 0. The third-order valence-corrected chi connectivity index (χ3v) is 8.16. The Balaban J connectivity index is 1.26. The highest BCUT2D eigenvalue weighted by molar-refractivity contribution is 5.91. The van der Waals surface area contributed by atoms with E-state index in [1.807, 2.05) is 53.1 Å². The summed E-state index contributed by atoms with van der Waals surface area (Å²) in [4.78, 5) is 31.7. The summed E-state index contributed by atoms with van der Waals surface area (Å²) >= 11 is 0. The van der Waals surface area contributed by atoms with Gasteiger partial charge in [-0.1, -0.05) is 55.8 Å². The number of carbonyl (C=O) groups is 2. The standard InChI is InChI=1S/C28H40N4O2/c1-4-29-27(34)32(21-23-11-12-24-20-25(23)28(24,2)3)19-16-30-14-17-31(18-15-30)26(33)13-10-22-8-6-5-7-9-22/h5-11,13,24-25H,4,12,14-21H2,1-3H3,(H,29,34)/b13-10+. The largest absolute Gasteiger partial charge is 0.338 e. The van der Waals surface area contributed by atoms with Crippen molar-refractivity contribution in [1.82, 2.24) is 20.0 Å². The minimum Gasteiger partial charge on any atom is -0.338 e. The first-order valence-corrected chi connectivity index (χ1v) is 12.8. The van der Waals surface area contributed by atoms with Crippen molar-refractivity contribution in [2.24, 2.45) is 17.3 Å². The molecule has 34 heavy (non-hydrogen) atoms. The Hall–Kier alpha value is -2.60. The molecule has 0 aromatic heterocycles. The topological polar surface area (TPSA) is 55.9 Å². The Morgan fingerprint density at radius 2 is 1.88 bits per heavy atom. The second kappa shape index (κ2) is 10.8. The molecule has 4 aliphatic rings. The molecule has 6 heteroatoms. The van der Waals surface area contributed by atoms with Crippen LogP contribution in [0.5, 0.6) is 0 Å². The third kappa shape index (κ3) is 5.54. The molecule has 1 N–H and O–H groups in total. The van der Waals surface area contributed by atoms with Crippen molar-refractivity contribution >= 4 is 18.0 Å². The number of carbonyl (C=O) groups excluding carboxylic acids is 2. The van der Waals surface area contributed by atoms with Gasteiger partial charge in [0.25, 0.3) is 0 Å². The first-order valence-electron chi connectivity index (χ1n) is 12.8. The summed E-state index contributed by atoms with van der Waals surface area (Å²) in [5.41, 5.74) is 2.85. The van der Waals surface area contributed by atoms with E-state index >= 15 is 0 Å². The van der Waals surface area contributed by atoms with Crippen molar-refractivity contribution < 1.29 is 9.59 Å². The van der Waals surface area contributed by atoms with Gasteiger partial charge in [0.2, 0.25) is 5.91 Å². The fourth-order valence-electron chi connectivity index (χ4n) is 5.68. The second-order valence-electron chi connectivity index (χ2n) is 10.5. The summed E-state index contributed by atoms with van der Waals surface area (Å²) in [5.74, 6) is 1.49. The Morgan fingerprint density at radius 3 is 2.53 bits per heavy atom. The van der Waals surface area contributed by atoms with E-state index < -0.39 is 0 Å². The predicted octanol–water partition coefficient (Wildman–Crippen LogP) is 3.87. The molecular formula is C28H40N4O2. The lowest BCUT2D eigenvalue weighted by molar-refractivity contribution is -0.127. The smallest absolute Gasteiger partial charge is 0.317 e. The zero-order valence-corrected chi connectivity index (χ0v) is 21.0. The number of fused-ring (bicyclic) bond motifs is 1. The number of hydrogen-bond acceptors (Lipinski definition) is 3. The van der Waals surface area contributed by atoms with Gasteiger partial charge in [-0.3, -0.25) is 9.69 Å². The van der Waals surface area contributed by atoms with Crippen LogP contribution in [0.3, 0.4) is 0 Å². The molecule has 1 aliphatic heterocycles. The molecule has 5 rings (SSSR count). The highest BCUT2D eigenvalue weighted by Gasteiger charge is 2.51. The normalized spacial score (nSPS) is 23.9. The fourth-order valence-corrected chi connectivity index (χ4v) is 5.68. The minimum absolute atomic E-state index is 0.0301. The van der Waals surface area contributed by atoms with Crippen molar-refractivity contribution in [3.8, 4) is 0 Å². The van der Waals surface area contributed by atoms with E-state index in [1.165, 1.54) is 12.0 Å². The fraction of sp³-hybridized carbons (Fsp3) is 0.571. The molecule has 2 bridgehead atoms. The highest BCUT2D eigenvalue weighted by Crippen LogP contribution is 2.59. The van der Waals surface area contributed by atoms with Crippen LogP contribution in [0.2, 0.25) is 0 Å².